The number of nitrogens with zero attached hydrogens (tertiary/aromatic N) is 2. The van der Waals surface area contributed by atoms with Gasteiger partial charge in [-0.1, -0.05) is 0 Å². The third-order valence-electron chi connectivity index (χ3n) is 2.11. The quantitative estimate of drug-likeness (QED) is 0.245. The summed E-state index contributed by atoms with van der Waals surface area (Å²) in [7, 11) is -9.14. The molecule has 0 heterocycles. The zero-order valence-corrected chi connectivity index (χ0v) is 11.1. The molecule has 0 aliphatic heterocycles. The van der Waals surface area contributed by atoms with Gasteiger partial charge in [0.05, 0.1) is 0 Å². The maximum atomic E-state index is 13.5. The predicted octanol–water partition coefficient (Wildman–Crippen LogP) is 3.96. The van der Waals surface area contributed by atoms with Gasteiger partial charge in [-0.2, -0.15) is 0 Å². The van der Waals surface area contributed by atoms with Gasteiger partial charge in [0, 0.05) is 0 Å². The van der Waals surface area contributed by atoms with Crippen molar-refractivity contribution in [2.24, 2.45) is 0 Å². The number of hydrogen-bond donors (Lipinski definition) is 0. The zero-order valence-electron chi connectivity index (χ0n) is 10.2. The minimum absolute atomic E-state index is 0.157. The number of alkyl halides is 5. The van der Waals surface area contributed by atoms with Crippen LogP contribution >= 0.6 is 7.19 Å². The van der Waals surface area contributed by atoms with Crippen LogP contribution in [-0.4, -0.2) is 55.1 Å². The molecule has 0 N–H and O–H groups in total. The summed E-state index contributed by atoms with van der Waals surface area (Å²) in [6.45, 7) is 0. The molecule has 0 aliphatic carbocycles. The summed E-state index contributed by atoms with van der Waals surface area (Å²) in [4.78, 5) is -0.157. The van der Waals surface area contributed by atoms with Crippen LogP contribution in [0.25, 0.3) is 0 Å². The van der Waals surface area contributed by atoms with Crippen molar-refractivity contribution >= 4 is 12.8 Å². The second-order valence-corrected chi connectivity index (χ2v) is 7.60. The minimum atomic E-state index is -11.2. The predicted molar refractivity (Wildman–Crippen MR) is 53.2 cm³/mol. The van der Waals surface area contributed by atoms with Crippen molar-refractivity contribution in [3.8, 4) is 0 Å². The molecule has 0 radical (unpaired) electrons. The van der Waals surface area contributed by atoms with E-state index in [0.29, 0.717) is 28.2 Å². The summed E-state index contributed by atoms with van der Waals surface area (Å²) in [5.74, 6) is 0. The van der Waals surface area contributed by atoms with Crippen LogP contribution in [0.1, 0.15) is 0 Å². The van der Waals surface area contributed by atoms with E-state index in [1.54, 1.807) is 0 Å². The van der Waals surface area contributed by atoms with Gasteiger partial charge in [0.25, 0.3) is 0 Å². The van der Waals surface area contributed by atoms with Crippen LogP contribution in [0.3, 0.4) is 0 Å². The molecule has 0 fully saturated rings. The monoisotopic (exact) mass is 326 g/mol. The Labute approximate surface area is 102 Å². The topological polar surface area (TPSA) is 6.25 Å². The fourth-order valence-electron chi connectivity index (χ4n) is 1.59. The summed E-state index contributed by atoms with van der Waals surface area (Å²) in [6.07, 6.45) is -7.09. The van der Waals surface area contributed by atoms with Gasteiger partial charge >= 0.3 is 101 Å². The Morgan fingerprint density at radius 2 is 1.21 bits per heavy atom. The van der Waals surface area contributed by atoms with E-state index in [0.717, 1.165) is 0 Å². The molecule has 2 nitrogen and oxygen atoms in total. The number of hydrogen-bond acceptors (Lipinski definition) is 0. The van der Waals surface area contributed by atoms with Crippen molar-refractivity contribution in [2.75, 3.05) is 28.2 Å². The molecule has 0 saturated carbocycles. The van der Waals surface area contributed by atoms with E-state index >= 15 is 0 Å². The molecule has 0 amide bonds. The molecule has 0 saturated heterocycles. The Morgan fingerprint density at radius 3 is 1.37 bits per heavy atom. The first-order chi connectivity index (χ1) is 7.80. The van der Waals surface area contributed by atoms with Crippen LogP contribution in [0.2, 0.25) is 0 Å². The number of rotatable bonds is 2. The van der Waals surface area contributed by atoms with Gasteiger partial charge in [0.1, 0.15) is 0 Å². The van der Waals surface area contributed by atoms with Crippen molar-refractivity contribution in [1.82, 2.24) is 4.90 Å². The van der Waals surface area contributed by atoms with Crippen LogP contribution in [-0.2, 0) is 0 Å². The first-order valence-corrected chi connectivity index (χ1v) is 6.80. The molecule has 19 heavy (non-hydrogen) atoms. The molecule has 0 bridgehead atoms. The first-order valence-electron chi connectivity index (χ1n) is 4.55. The van der Waals surface area contributed by atoms with E-state index in [4.69, 9.17) is 0 Å². The Bertz CT molecular complexity index is 411. The van der Waals surface area contributed by atoms with Crippen molar-refractivity contribution in [2.45, 2.75) is 11.8 Å². The Balaban J connectivity index is 6.71. The van der Waals surface area contributed by atoms with E-state index in [1.807, 2.05) is 0 Å². The van der Waals surface area contributed by atoms with Crippen LogP contribution in [0.4, 0.5) is 38.7 Å². The van der Waals surface area contributed by atoms with E-state index in [2.05, 4.69) is 0 Å². The fourth-order valence-corrected chi connectivity index (χ4v) is 3.96. The second-order valence-electron chi connectivity index (χ2n) is 4.30. The molecule has 0 atom stereocenters. The molecule has 12 heteroatoms. The zero-order chi connectivity index (χ0) is 16.1. The first kappa shape index (κ1) is 18.3. The van der Waals surface area contributed by atoms with E-state index in [9.17, 15) is 38.7 Å². The van der Waals surface area contributed by atoms with Crippen LogP contribution in [0, 0.1) is 0 Å². The number of amidine groups is 1. The molecule has 0 rings (SSSR count). The standard InChI is InChI=1S/C7H12F9N2P/c1-17(2)5(18(3)4)19(13,14,15,16)7(11,12)6(8,9)10/h1-4H3. The Hall–Kier alpha value is -0.730. The van der Waals surface area contributed by atoms with Crippen LogP contribution in [0.5, 0.6) is 0 Å². The molecule has 0 aliphatic rings. The van der Waals surface area contributed by atoms with Crippen LogP contribution < -0.4 is 0 Å². The van der Waals surface area contributed by atoms with Gasteiger partial charge in [-0.3, -0.25) is 0 Å². The molecule has 0 spiro atoms. The van der Waals surface area contributed by atoms with Gasteiger partial charge in [-0.05, 0) is 0 Å². The third-order valence-corrected chi connectivity index (χ3v) is 5.10. The van der Waals surface area contributed by atoms with Gasteiger partial charge in [-0.25, -0.2) is 0 Å². The normalized spacial score (nSPS) is 17.5. The summed E-state index contributed by atoms with van der Waals surface area (Å²) < 4.78 is 115. The van der Waals surface area contributed by atoms with Crippen molar-refractivity contribution < 1.29 is 43.3 Å². The van der Waals surface area contributed by atoms with Gasteiger partial charge in [-0.15, -0.1) is 0 Å². The Morgan fingerprint density at radius 1 is 0.895 bits per heavy atom. The Kier molecular flexibility index (Phi) is 3.53. The molecule has 0 aromatic carbocycles. The average Bonchev–Trinajstić information content (AvgIpc) is 1.94. The average molecular weight is 326 g/mol. The van der Waals surface area contributed by atoms with Crippen molar-refractivity contribution in [3.63, 3.8) is 0 Å². The maximum absolute atomic E-state index is 13.5. The summed E-state index contributed by atoms with van der Waals surface area (Å²) in [5, 5.41) is 0. The molecular formula is C7H12F9N2P. The summed E-state index contributed by atoms with van der Waals surface area (Å²) in [6, 6.07) is 0. The third kappa shape index (κ3) is 2.36. The van der Waals surface area contributed by atoms with E-state index in [1.165, 1.54) is 0 Å². The SMILES string of the molecule is CN(C)C(=[N+](C)C)[P-](F)(F)(F)(F)C(F)(F)C(F)(F)F. The van der Waals surface area contributed by atoms with E-state index in [-0.39, 0.29) is 9.48 Å². The van der Waals surface area contributed by atoms with Gasteiger partial charge in [0.2, 0.25) is 0 Å². The van der Waals surface area contributed by atoms with Crippen molar-refractivity contribution in [3.05, 3.63) is 0 Å². The van der Waals surface area contributed by atoms with E-state index < -0.39 is 24.6 Å². The van der Waals surface area contributed by atoms with Gasteiger partial charge in [0.15, 0.2) is 0 Å². The van der Waals surface area contributed by atoms with Crippen LogP contribution in [0.15, 0.2) is 0 Å². The molecule has 0 unspecified atom stereocenters. The number of halogens is 9. The molecule has 118 valence electrons. The fraction of sp³-hybridized carbons (Fsp3) is 0.857. The summed E-state index contributed by atoms with van der Waals surface area (Å²) in [5.41, 5.74) is -10.1. The molecular weight excluding hydrogens is 314 g/mol. The molecule has 0 aromatic heterocycles. The molecule has 0 aromatic rings. The van der Waals surface area contributed by atoms with Gasteiger partial charge < -0.3 is 0 Å². The summed E-state index contributed by atoms with van der Waals surface area (Å²) >= 11 is 0. The van der Waals surface area contributed by atoms with Crippen molar-refractivity contribution in [1.29, 1.82) is 0 Å². The second kappa shape index (κ2) is 3.67.